The van der Waals surface area contributed by atoms with E-state index in [0.717, 1.165) is 32.7 Å². The predicted molar refractivity (Wildman–Crippen MR) is 72.6 cm³/mol. The Morgan fingerprint density at radius 2 is 2.05 bits per heavy atom. The minimum absolute atomic E-state index is 0.269. The van der Waals surface area contributed by atoms with Gasteiger partial charge >= 0.3 is 12.0 Å². The normalized spacial score (nSPS) is 25.4. The number of rotatable bonds is 4. The van der Waals surface area contributed by atoms with Crippen molar-refractivity contribution in [3.05, 3.63) is 0 Å². The van der Waals surface area contributed by atoms with Crippen molar-refractivity contribution in [3.8, 4) is 0 Å². The van der Waals surface area contributed by atoms with Crippen LogP contribution in [0.1, 0.15) is 19.8 Å². The molecule has 2 saturated heterocycles. The number of nitrogens with one attached hydrogen (secondary N) is 1. The zero-order valence-corrected chi connectivity index (χ0v) is 11.9. The average molecular weight is 285 g/mol. The Balaban J connectivity index is 1.82. The molecule has 2 atom stereocenters. The van der Waals surface area contributed by atoms with Crippen molar-refractivity contribution in [1.82, 2.24) is 15.1 Å². The van der Waals surface area contributed by atoms with Crippen LogP contribution in [-0.2, 0) is 9.53 Å². The lowest BCUT2D eigenvalue weighted by Crippen LogP contribution is -2.49. The summed E-state index contributed by atoms with van der Waals surface area (Å²) in [7, 11) is 0. The van der Waals surface area contributed by atoms with Crippen molar-refractivity contribution < 1.29 is 19.4 Å². The summed E-state index contributed by atoms with van der Waals surface area (Å²) in [5.41, 5.74) is 0. The monoisotopic (exact) mass is 285 g/mol. The summed E-state index contributed by atoms with van der Waals surface area (Å²) in [5, 5.41) is 11.5. The number of carboxylic acid groups (broad SMARTS) is 1. The molecule has 20 heavy (non-hydrogen) atoms. The molecule has 0 saturated carbocycles. The van der Waals surface area contributed by atoms with Crippen LogP contribution in [0.2, 0.25) is 0 Å². The van der Waals surface area contributed by atoms with E-state index < -0.39 is 12.0 Å². The number of carbonyl (C=O) groups excluding carboxylic acids is 1. The first kappa shape index (κ1) is 15.1. The van der Waals surface area contributed by atoms with Crippen LogP contribution in [0.15, 0.2) is 0 Å². The third-order valence-electron chi connectivity index (χ3n) is 4.02. The van der Waals surface area contributed by atoms with Crippen LogP contribution >= 0.6 is 0 Å². The van der Waals surface area contributed by atoms with Crippen molar-refractivity contribution in [3.63, 3.8) is 0 Å². The summed E-state index contributed by atoms with van der Waals surface area (Å²) in [6, 6.07) is -0.700. The van der Waals surface area contributed by atoms with Gasteiger partial charge < -0.3 is 20.1 Å². The van der Waals surface area contributed by atoms with E-state index in [4.69, 9.17) is 9.84 Å². The number of carbonyl (C=O) groups is 2. The topological polar surface area (TPSA) is 82.1 Å². The van der Waals surface area contributed by atoms with Crippen LogP contribution in [0.5, 0.6) is 0 Å². The lowest BCUT2D eigenvalue weighted by molar-refractivity contribution is -0.139. The maximum Gasteiger partial charge on any atom is 0.326 e. The lowest BCUT2D eigenvalue weighted by Gasteiger charge is -2.32. The van der Waals surface area contributed by atoms with Gasteiger partial charge in [-0.1, -0.05) is 6.92 Å². The Hall–Kier alpha value is -1.34. The summed E-state index contributed by atoms with van der Waals surface area (Å²) in [5.74, 6) is -0.982. The molecule has 0 aliphatic carbocycles. The second-order valence-corrected chi connectivity index (χ2v) is 5.29. The number of morpholine rings is 1. The highest BCUT2D eigenvalue weighted by atomic mass is 16.5. The van der Waals surface area contributed by atoms with Gasteiger partial charge in [0.2, 0.25) is 0 Å². The number of hydrogen-bond donors (Lipinski definition) is 2. The number of likely N-dealkylation sites (tertiary alicyclic amines) is 1. The SMILES string of the molecule is CC[C@@H](NC(=O)N1CCC(N2CCOCC2)C1)C(=O)O. The zero-order chi connectivity index (χ0) is 14.5. The number of nitrogens with zero attached hydrogens (tertiary/aromatic N) is 2. The van der Waals surface area contributed by atoms with Crippen LogP contribution in [0.4, 0.5) is 4.79 Å². The highest BCUT2D eigenvalue weighted by Crippen LogP contribution is 2.17. The van der Waals surface area contributed by atoms with Gasteiger partial charge in [-0.25, -0.2) is 9.59 Å². The van der Waals surface area contributed by atoms with Crippen molar-refractivity contribution in [2.45, 2.75) is 31.8 Å². The number of ether oxygens (including phenoxy) is 1. The Labute approximate surface area is 118 Å². The van der Waals surface area contributed by atoms with Crippen molar-refractivity contribution in [1.29, 1.82) is 0 Å². The van der Waals surface area contributed by atoms with Gasteiger partial charge in [-0.3, -0.25) is 4.90 Å². The highest BCUT2D eigenvalue weighted by Gasteiger charge is 2.32. The Kier molecular flexibility index (Phi) is 5.19. The molecule has 0 aromatic rings. The standard InChI is InChI=1S/C13H23N3O4/c1-2-11(12(17)18)14-13(19)16-4-3-10(9-16)15-5-7-20-8-6-15/h10-11H,2-9H2,1H3,(H,14,19)(H,17,18)/t10?,11-/m1/s1. The molecule has 2 aliphatic heterocycles. The van der Waals surface area contributed by atoms with E-state index >= 15 is 0 Å². The molecule has 114 valence electrons. The van der Waals surface area contributed by atoms with Gasteiger partial charge in [0.05, 0.1) is 13.2 Å². The Bertz CT molecular complexity index is 358. The summed E-state index contributed by atoms with van der Waals surface area (Å²) in [6.45, 7) is 6.42. The van der Waals surface area contributed by atoms with E-state index in [2.05, 4.69) is 10.2 Å². The summed E-state index contributed by atoms with van der Waals surface area (Å²) in [4.78, 5) is 27.1. The Morgan fingerprint density at radius 3 is 2.65 bits per heavy atom. The number of hydrogen-bond acceptors (Lipinski definition) is 4. The molecule has 7 nitrogen and oxygen atoms in total. The van der Waals surface area contributed by atoms with Gasteiger partial charge in [0, 0.05) is 32.2 Å². The lowest BCUT2D eigenvalue weighted by atomic mass is 10.2. The van der Waals surface area contributed by atoms with E-state index in [9.17, 15) is 9.59 Å². The van der Waals surface area contributed by atoms with Crippen LogP contribution < -0.4 is 5.32 Å². The molecular formula is C13H23N3O4. The molecule has 1 unspecified atom stereocenters. The number of carboxylic acids is 1. The van der Waals surface area contributed by atoms with Gasteiger partial charge in [0.1, 0.15) is 6.04 Å². The first-order valence-corrected chi connectivity index (χ1v) is 7.22. The van der Waals surface area contributed by atoms with E-state index in [1.165, 1.54) is 0 Å². The number of urea groups is 1. The molecule has 0 radical (unpaired) electrons. The Morgan fingerprint density at radius 1 is 1.35 bits per heavy atom. The second-order valence-electron chi connectivity index (χ2n) is 5.29. The largest absolute Gasteiger partial charge is 0.480 e. The van der Waals surface area contributed by atoms with Crippen molar-refractivity contribution in [2.75, 3.05) is 39.4 Å². The number of amides is 2. The van der Waals surface area contributed by atoms with Gasteiger partial charge in [0.25, 0.3) is 0 Å². The fourth-order valence-electron chi connectivity index (χ4n) is 2.75. The zero-order valence-electron chi connectivity index (χ0n) is 11.9. The molecule has 0 aromatic heterocycles. The highest BCUT2D eigenvalue weighted by molar-refractivity contribution is 5.82. The van der Waals surface area contributed by atoms with Crippen LogP contribution in [0.25, 0.3) is 0 Å². The minimum atomic E-state index is -0.982. The number of aliphatic carboxylic acids is 1. The van der Waals surface area contributed by atoms with Gasteiger partial charge in [-0.15, -0.1) is 0 Å². The quantitative estimate of drug-likeness (QED) is 0.758. The summed E-state index contributed by atoms with van der Waals surface area (Å²) < 4.78 is 5.33. The third-order valence-corrected chi connectivity index (χ3v) is 4.02. The maximum absolute atomic E-state index is 12.1. The molecule has 2 fully saturated rings. The molecule has 2 aliphatic rings. The van der Waals surface area contributed by atoms with Crippen LogP contribution in [0.3, 0.4) is 0 Å². The molecule has 2 heterocycles. The van der Waals surface area contributed by atoms with E-state index in [0.29, 0.717) is 25.6 Å². The molecule has 2 amide bonds. The van der Waals surface area contributed by atoms with E-state index in [1.54, 1.807) is 11.8 Å². The average Bonchev–Trinajstić information content (AvgIpc) is 2.95. The van der Waals surface area contributed by atoms with Gasteiger partial charge in [0.15, 0.2) is 0 Å². The molecule has 0 spiro atoms. The molecule has 0 aromatic carbocycles. The van der Waals surface area contributed by atoms with Crippen LogP contribution in [-0.4, -0.2) is 78.4 Å². The van der Waals surface area contributed by atoms with Gasteiger partial charge in [-0.2, -0.15) is 0 Å². The summed E-state index contributed by atoms with van der Waals surface area (Å²) in [6.07, 6.45) is 1.33. The van der Waals surface area contributed by atoms with E-state index in [-0.39, 0.29) is 6.03 Å². The minimum Gasteiger partial charge on any atom is -0.480 e. The molecule has 2 N–H and O–H groups in total. The van der Waals surface area contributed by atoms with Gasteiger partial charge in [-0.05, 0) is 12.8 Å². The third kappa shape index (κ3) is 3.61. The predicted octanol–water partition coefficient (Wildman–Crippen LogP) is -0.0343. The first-order chi connectivity index (χ1) is 9.61. The molecule has 0 bridgehead atoms. The van der Waals surface area contributed by atoms with Crippen molar-refractivity contribution >= 4 is 12.0 Å². The van der Waals surface area contributed by atoms with Crippen LogP contribution in [0, 0.1) is 0 Å². The second kappa shape index (κ2) is 6.90. The first-order valence-electron chi connectivity index (χ1n) is 7.22. The van der Waals surface area contributed by atoms with Crippen molar-refractivity contribution in [2.24, 2.45) is 0 Å². The smallest absolute Gasteiger partial charge is 0.326 e. The molecule has 2 rings (SSSR count). The maximum atomic E-state index is 12.1. The van der Waals surface area contributed by atoms with E-state index in [1.807, 2.05) is 0 Å². The summed E-state index contributed by atoms with van der Waals surface area (Å²) >= 11 is 0. The molecular weight excluding hydrogens is 262 g/mol. The molecule has 7 heteroatoms. The fourth-order valence-corrected chi connectivity index (χ4v) is 2.75. The fraction of sp³-hybridized carbons (Fsp3) is 0.846.